The zero-order chi connectivity index (χ0) is 19.7. The van der Waals surface area contributed by atoms with Crippen molar-refractivity contribution >= 4 is 5.91 Å². The Morgan fingerprint density at radius 1 is 1.21 bits per heavy atom. The number of methoxy groups -OCH3 is 2. The van der Waals surface area contributed by atoms with Crippen molar-refractivity contribution in [2.75, 3.05) is 14.2 Å². The van der Waals surface area contributed by atoms with Gasteiger partial charge in [0.15, 0.2) is 11.5 Å². The third-order valence-electron chi connectivity index (χ3n) is 4.88. The molecule has 1 aromatic carbocycles. The van der Waals surface area contributed by atoms with E-state index < -0.39 is 0 Å². The number of benzene rings is 1. The van der Waals surface area contributed by atoms with E-state index in [4.69, 9.17) is 13.9 Å². The molecule has 1 amide bonds. The van der Waals surface area contributed by atoms with Gasteiger partial charge in [-0.1, -0.05) is 0 Å². The molecule has 0 unspecified atom stereocenters. The summed E-state index contributed by atoms with van der Waals surface area (Å²) in [5.41, 5.74) is 1.96. The van der Waals surface area contributed by atoms with Gasteiger partial charge in [0.2, 0.25) is 0 Å². The summed E-state index contributed by atoms with van der Waals surface area (Å²) in [6, 6.07) is 11.3. The highest BCUT2D eigenvalue weighted by atomic mass is 16.5. The molecule has 0 radical (unpaired) electrons. The molecule has 2 heterocycles. The Labute approximate surface area is 163 Å². The van der Waals surface area contributed by atoms with Gasteiger partial charge in [-0.05, 0) is 50.1 Å². The Kier molecular flexibility index (Phi) is 4.81. The summed E-state index contributed by atoms with van der Waals surface area (Å²) in [6.45, 7) is 2.31. The van der Waals surface area contributed by atoms with E-state index in [0.717, 1.165) is 35.7 Å². The molecule has 3 aromatic rings. The van der Waals surface area contributed by atoms with Crippen LogP contribution >= 0.6 is 0 Å². The lowest BCUT2D eigenvalue weighted by atomic mass is 10.1. The molecule has 0 atom stereocenters. The van der Waals surface area contributed by atoms with Crippen LogP contribution in [0.5, 0.6) is 11.5 Å². The van der Waals surface area contributed by atoms with Crippen molar-refractivity contribution in [2.24, 2.45) is 0 Å². The van der Waals surface area contributed by atoms with Gasteiger partial charge < -0.3 is 18.8 Å². The van der Waals surface area contributed by atoms with Crippen LogP contribution in [0.4, 0.5) is 0 Å². The lowest BCUT2D eigenvalue weighted by Crippen LogP contribution is -2.33. The molecule has 0 bridgehead atoms. The van der Waals surface area contributed by atoms with Crippen LogP contribution in [0, 0.1) is 6.92 Å². The molecule has 0 aliphatic heterocycles. The van der Waals surface area contributed by atoms with Crippen LogP contribution < -0.4 is 9.47 Å². The molecule has 28 heavy (non-hydrogen) atoms. The van der Waals surface area contributed by atoms with Crippen LogP contribution in [0.15, 0.2) is 40.8 Å². The van der Waals surface area contributed by atoms with Gasteiger partial charge in [0, 0.05) is 17.7 Å². The monoisotopic (exact) mass is 381 g/mol. The Bertz CT molecular complexity index is 987. The number of hydrogen-bond acceptors (Lipinski definition) is 5. The number of aromatic amines is 1. The first-order valence-corrected chi connectivity index (χ1v) is 9.23. The van der Waals surface area contributed by atoms with Gasteiger partial charge in [0.25, 0.3) is 5.91 Å². The summed E-state index contributed by atoms with van der Waals surface area (Å²) < 4.78 is 16.4. The minimum Gasteiger partial charge on any atom is -0.497 e. The van der Waals surface area contributed by atoms with Crippen molar-refractivity contribution in [1.29, 1.82) is 0 Å². The number of aryl methyl sites for hydroxylation is 1. The van der Waals surface area contributed by atoms with Crippen LogP contribution in [0.3, 0.4) is 0 Å². The smallest absolute Gasteiger partial charge is 0.274 e. The van der Waals surface area contributed by atoms with Crippen LogP contribution in [-0.2, 0) is 6.54 Å². The zero-order valence-electron chi connectivity index (χ0n) is 16.2. The highest BCUT2D eigenvalue weighted by molar-refractivity contribution is 5.93. The van der Waals surface area contributed by atoms with E-state index >= 15 is 0 Å². The second-order valence-corrected chi connectivity index (χ2v) is 6.92. The molecule has 7 heteroatoms. The predicted octanol–water partition coefficient (Wildman–Crippen LogP) is 3.80. The number of nitrogens with one attached hydrogen (secondary N) is 1. The number of rotatable bonds is 7. The minimum atomic E-state index is -0.113. The van der Waals surface area contributed by atoms with Crippen molar-refractivity contribution in [3.05, 3.63) is 53.4 Å². The first kappa shape index (κ1) is 18.2. The summed E-state index contributed by atoms with van der Waals surface area (Å²) in [7, 11) is 3.25. The molecule has 1 fully saturated rings. The fourth-order valence-corrected chi connectivity index (χ4v) is 3.23. The summed E-state index contributed by atoms with van der Waals surface area (Å²) in [5.74, 6) is 2.82. The number of carbonyl (C=O) groups is 1. The summed E-state index contributed by atoms with van der Waals surface area (Å²) >= 11 is 0. The van der Waals surface area contributed by atoms with E-state index in [2.05, 4.69) is 10.2 Å². The first-order chi connectivity index (χ1) is 13.6. The Morgan fingerprint density at radius 2 is 2.04 bits per heavy atom. The highest BCUT2D eigenvalue weighted by Crippen LogP contribution is 2.33. The third kappa shape index (κ3) is 3.60. The van der Waals surface area contributed by atoms with E-state index in [0.29, 0.717) is 23.7 Å². The Morgan fingerprint density at radius 3 is 2.68 bits per heavy atom. The molecular formula is C21H23N3O4. The van der Waals surface area contributed by atoms with Crippen molar-refractivity contribution in [1.82, 2.24) is 15.1 Å². The lowest BCUT2D eigenvalue weighted by Gasteiger charge is -2.23. The van der Waals surface area contributed by atoms with E-state index in [-0.39, 0.29) is 11.9 Å². The topological polar surface area (TPSA) is 80.6 Å². The quantitative estimate of drug-likeness (QED) is 0.673. The summed E-state index contributed by atoms with van der Waals surface area (Å²) in [6.07, 6.45) is 1.99. The van der Waals surface area contributed by atoms with E-state index in [1.807, 2.05) is 42.2 Å². The largest absolute Gasteiger partial charge is 0.497 e. The molecule has 146 valence electrons. The first-order valence-electron chi connectivity index (χ1n) is 9.23. The van der Waals surface area contributed by atoms with Crippen LogP contribution in [0.1, 0.15) is 34.7 Å². The second-order valence-electron chi connectivity index (χ2n) is 6.92. The zero-order valence-corrected chi connectivity index (χ0v) is 16.2. The molecule has 0 spiro atoms. The number of hydrogen-bond donors (Lipinski definition) is 1. The van der Waals surface area contributed by atoms with Gasteiger partial charge in [0.05, 0.1) is 20.8 Å². The maximum atomic E-state index is 13.2. The number of ether oxygens (including phenoxy) is 2. The van der Waals surface area contributed by atoms with Gasteiger partial charge in [0.1, 0.15) is 23.0 Å². The molecule has 4 rings (SSSR count). The lowest BCUT2D eigenvalue weighted by molar-refractivity contribution is 0.0722. The fraction of sp³-hybridized carbons (Fsp3) is 0.333. The molecule has 7 nitrogen and oxygen atoms in total. The summed E-state index contributed by atoms with van der Waals surface area (Å²) in [4.78, 5) is 15.0. The van der Waals surface area contributed by atoms with Crippen molar-refractivity contribution in [3.63, 3.8) is 0 Å². The number of nitrogens with zero attached hydrogens (tertiary/aromatic N) is 2. The maximum Gasteiger partial charge on any atom is 0.274 e. The molecular weight excluding hydrogens is 358 g/mol. The average molecular weight is 381 g/mol. The van der Waals surface area contributed by atoms with Gasteiger partial charge in [-0.2, -0.15) is 5.10 Å². The molecule has 0 saturated heterocycles. The van der Waals surface area contributed by atoms with Crippen molar-refractivity contribution < 1.29 is 18.7 Å². The van der Waals surface area contributed by atoms with Crippen LogP contribution in [0.2, 0.25) is 0 Å². The summed E-state index contributed by atoms with van der Waals surface area (Å²) in [5, 5.41) is 7.12. The molecule has 1 N–H and O–H groups in total. The Balaban J connectivity index is 1.59. The normalized spacial score (nSPS) is 13.4. The maximum absolute atomic E-state index is 13.2. The van der Waals surface area contributed by atoms with E-state index in [9.17, 15) is 4.79 Å². The number of H-pyrrole nitrogens is 1. The fourth-order valence-electron chi connectivity index (χ4n) is 3.23. The highest BCUT2D eigenvalue weighted by Gasteiger charge is 2.34. The molecule has 1 saturated carbocycles. The minimum absolute atomic E-state index is 0.113. The second kappa shape index (κ2) is 7.42. The molecule has 2 aromatic heterocycles. The molecule has 1 aliphatic carbocycles. The van der Waals surface area contributed by atoms with Crippen molar-refractivity contribution in [2.45, 2.75) is 32.4 Å². The standard InChI is InChI=1S/C21H23N3O4/c1-13-4-8-20(28-13)17-11-18(23-22-17)21(25)24(15-5-6-15)12-14-10-16(26-2)7-9-19(14)27-3/h4,7-11,15H,5-6,12H2,1-3H3,(H,22,23). The average Bonchev–Trinajstić information content (AvgIpc) is 3.26. The van der Waals surface area contributed by atoms with Crippen molar-refractivity contribution in [3.8, 4) is 23.0 Å². The van der Waals surface area contributed by atoms with Crippen LogP contribution in [0.25, 0.3) is 11.5 Å². The number of carbonyl (C=O) groups excluding carboxylic acids is 1. The predicted molar refractivity (Wildman–Crippen MR) is 103 cm³/mol. The van der Waals surface area contributed by atoms with Gasteiger partial charge in [-0.25, -0.2) is 0 Å². The van der Waals surface area contributed by atoms with Gasteiger partial charge in [-0.3, -0.25) is 9.89 Å². The van der Waals surface area contributed by atoms with E-state index in [1.165, 1.54) is 0 Å². The SMILES string of the molecule is COc1ccc(OC)c(CN(C(=O)c2cc(-c3ccc(C)o3)[nH]n2)C2CC2)c1. The number of amides is 1. The van der Waals surface area contributed by atoms with Gasteiger partial charge >= 0.3 is 0 Å². The van der Waals surface area contributed by atoms with Gasteiger partial charge in [-0.15, -0.1) is 0 Å². The van der Waals surface area contributed by atoms with Crippen LogP contribution in [-0.4, -0.2) is 41.3 Å². The molecule has 1 aliphatic rings. The number of furan rings is 1. The number of aromatic nitrogens is 2. The Hall–Kier alpha value is -3.22. The third-order valence-corrected chi connectivity index (χ3v) is 4.88. The van der Waals surface area contributed by atoms with E-state index in [1.54, 1.807) is 20.3 Å².